The van der Waals surface area contributed by atoms with Crippen molar-refractivity contribution >= 4 is 116 Å². The molecule has 18 rings (SSSR count). The number of hydrogen-bond acceptors (Lipinski definition) is 4. The first-order valence-electron chi connectivity index (χ1n) is 27.7. The minimum absolute atomic E-state index is 0.762. The molecule has 80 heavy (non-hydrogen) atoms. The van der Waals surface area contributed by atoms with Gasteiger partial charge in [-0.1, -0.05) is 176 Å². The summed E-state index contributed by atoms with van der Waals surface area (Å²) in [4.78, 5) is 4.93. The fraction of sp³-hybridized carbons (Fsp3) is 0.0400. The maximum Gasteiger partial charge on any atom is 0.159 e. The molecule has 0 aliphatic heterocycles. The van der Waals surface area contributed by atoms with Gasteiger partial charge in [-0.05, 0) is 137 Å². The molecule has 0 bridgehead atoms. The van der Waals surface area contributed by atoms with Gasteiger partial charge in [-0.15, -0.1) is 0 Å². The second-order valence-corrected chi connectivity index (χ2v) is 22.0. The normalized spacial score (nSPS) is 13.2. The van der Waals surface area contributed by atoms with Crippen LogP contribution in [0.15, 0.2) is 258 Å². The lowest BCUT2D eigenvalue weighted by Gasteiger charge is -2.33. The standard InChI is InChI=1S/C75H47N3O2/c1-44-18-13-20-46(40-44)76(64-34-16-28-55-52-25-6-11-36-67(52)79-73(55)64)48-38-39-57-61(42-48)75(59-31-8-3-22-49(59)50-23-4-9-32-60(50)75)62-43-66(70-58-30-15-27-54-51-24-5-10-33-63(51)78(71(54)58)72(70)69(57)62)77(47-21-14-19-45(2)41-47)65-35-17-29-56-53-26-7-12-37-68(53)80-74(56)65/h3-43H,1-2H3. The number of fused-ring (bicyclic) bond motifs is 23. The molecule has 16 aromatic rings. The fourth-order valence-electron chi connectivity index (χ4n) is 14.7. The van der Waals surface area contributed by atoms with Crippen LogP contribution in [0, 0.1) is 13.8 Å². The van der Waals surface area contributed by atoms with Crippen molar-refractivity contribution in [3.05, 3.63) is 282 Å². The Kier molecular flexibility index (Phi) is 8.67. The zero-order valence-corrected chi connectivity index (χ0v) is 43.8. The van der Waals surface area contributed by atoms with Crippen LogP contribution in [-0.2, 0) is 5.41 Å². The molecule has 0 fully saturated rings. The highest BCUT2D eigenvalue weighted by atomic mass is 16.3. The molecule has 2 aliphatic carbocycles. The van der Waals surface area contributed by atoms with Gasteiger partial charge in [0.2, 0.25) is 0 Å². The van der Waals surface area contributed by atoms with Gasteiger partial charge >= 0.3 is 0 Å². The molecule has 0 saturated heterocycles. The number of benzene rings is 12. The molecule has 4 heterocycles. The number of furan rings is 2. The molecule has 12 aromatic carbocycles. The molecule has 0 atom stereocenters. The smallest absolute Gasteiger partial charge is 0.159 e. The Labute approximate surface area is 460 Å². The number of para-hydroxylation sites is 6. The molecule has 374 valence electrons. The highest BCUT2D eigenvalue weighted by Crippen LogP contribution is 2.66. The third-order valence-corrected chi connectivity index (χ3v) is 17.8. The minimum Gasteiger partial charge on any atom is -0.454 e. The van der Waals surface area contributed by atoms with Gasteiger partial charge in [0, 0.05) is 65.7 Å². The van der Waals surface area contributed by atoms with Gasteiger partial charge in [-0.25, -0.2) is 0 Å². The van der Waals surface area contributed by atoms with E-state index < -0.39 is 5.41 Å². The van der Waals surface area contributed by atoms with Crippen molar-refractivity contribution in [3.63, 3.8) is 0 Å². The van der Waals surface area contributed by atoms with Crippen molar-refractivity contribution in [3.8, 4) is 22.3 Å². The third kappa shape index (κ3) is 5.60. The van der Waals surface area contributed by atoms with Crippen molar-refractivity contribution < 1.29 is 8.83 Å². The Morgan fingerprint density at radius 3 is 1.51 bits per heavy atom. The van der Waals surface area contributed by atoms with Crippen molar-refractivity contribution in [2.45, 2.75) is 19.3 Å². The SMILES string of the molecule is Cc1cccc(N(c2ccc3c(c2)C2(c4ccccc4-c4ccccc42)c2cc(N(c4cccc(C)c4)c4cccc5c4oc4ccccc45)c4c5cccc6c7ccccc7n(c4c2-3)c65)c2cccc3c2oc2ccccc23)c1. The van der Waals surface area contributed by atoms with E-state index in [1.165, 1.54) is 93.7 Å². The quantitative estimate of drug-likeness (QED) is 0.166. The van der Waals surface area contributed by atoms with Crippen LogP contribution in [0.2, 0.25) is 0 Å². The molecule has 0 unspecified atom stereocenters. The molecular weight excluding hydrogens is 975 g/mol. The zero-order valence-electron chi connectivity index (χ0n) is 43.8. The summed E-state index contributed by atoms with van der Waals surface area (Å²) in [5.74, 6) is 0. The van der Waals surface area contributed by atoms with Crippen molar-refractivity contribution in [1.29, 1.82) is 0 Å². The van der Waals surface area contributed by atoms with Crippen molar-refractivity contribution in [2.24, 2.45) is 0 Å². The van der Waals surface area contributed by atoms with Crippen LogP contribution >= 0.6 is 0 Å². The summed E-state index contributed by atoms with van der Waals surface area (Å²) < 4.78 is 16.6. The van der Waals surface area contributed by atoms with Crippen molar-refractivity contribution in [2.75, 3.05) is 9.80 Å². The second kappa shape index (κ2) is 15.9. The maximum atomic E-state index is 7.05. The van der Waals surface area contributed by atoms with Crippen LogP contribution in [-0.4, -0.2) is 4.40 Å². The molecule has 4 aromatic heterocycles. The number of nitrogens with zero attached hydrogens (tertiary/aromatic N) is 3. The lowest BCUT2D eigenvalue weighted by molar-refractivity contribution is 0.668. The molecule has 5 nitrogen and oxygen atoms in total. The van der Waals surface area contributed by atoms with Gasteiger partial charge in [-0.2, -0.15) is 0 Å². The molecular formula is C75H47N3O2. The Morgan fingerprint density at radius 2 is 0.850 bits per heavy atom. The summed E-state index contributed by atoms with van der Waals surface area (Å²) in [5.41, 5.74) is 24.8. The summed E-state index contributed by atoms with van der Waals surface area (Å²) >= 11 is 0. The second-order valence-electron chi connectivity index (χ2n) is 22.0. The largest absolute Gasteiger partial charge is 0.454 e. The highest BCUT2D eigenvalue weighted by molar-refractivity contribution is 6.30. The Balaban J connectivity index is 1.03. The van der Waals surface area contributed by atoms with Crippen LogP contribution in [0.3, 0.4) is 0 Å². The predicted octanol–water partition coefficient (Wildman–Crippen LogP) is 20.5. The topological polar surface area (TPSA) is 37.2 Å². The Hall–Kier alpha value is -10.4. The van der Waals surface area contributed by atoms with Crippen LogP contribution in [0.25, 0.3) is 104 Å². The number of aromatic nitrogens is 1. The monoisotopic (exact) mass is 1020 g/mol. The van der Waals surface area contributed by atoms with Gasteiger partial charge in [0.05, 0.1) is 39.0 Å². The number of rotatable bonds is 6. The lowest BCUT2D eigenvalue weighted by Crippen LogP contribution is -2.26. The molecule has 0 amide bonds. The van der Waals surface area contributed by atoms with Gasteiger partial charge in [0.25, 0.3) is 0 Å². The van der Waals surface area contributed by atoms with Crippen LogP contribution in [0.1, 0.15) is 33.4 Å². The number of anilines is 6. The average molecular weight is 1020 g/mol. The van der Waals surface area contributed by atoms with Crippen LogP contribution < -0.4 is 9.80 Å². The zero-order chi connectivity index (χ0) is 52.5. The van der Waals surface area contributed by atoms with Gasteiger partial charge in [-0.3, -0.25) is 0 Å². The average Bonchev–Trinajstić information content (AvgIpc) is 3.98. The first-order chi connectivity index (χ1) is 39.5. The summed E-state index contributed by atoms with van der Waals surface area (Å²) in [6.07, 6.45) is 0. The van der Waals surface area contributed by atoms with E-state index in [4.69, 9.17) is 8.83 Å². The lowest BCUT2D eigenvalue weighted by atomic mass is 9.70. The highest BCUT2D eigenvalue weighted by Gasteiger charge is 2.53. The Bertz CT molecular complexity index is 5280. The van der Waals surface area contributed by atoms with E-state index >= 15 is 0 Å². The first-order valence-corrected chi connectivity index (χ1v) is 27.7. The molecule has 0 N–H and O–H groups in total. The van der Waals surface area contributed by atoms with E-state index in [9.17, 15) is 0 Å². The van der Waals surface area contributed by atoms with Crippen LogP contribution in [0.4, 0.5) is 34.1 Å². The summed E-state index contributed by atoms with van der Waals surface area (Å²) in [7, 11) is 0. The van der Waals surface area contributed by atoms with E-state index in [0.717, 1.165) is 78.0 Å². The van der Waals surface area contributed by atoms with Crippen LogP contribution in [0.5, 0.6) is 0 Å². The van der Waals surface area contributed by atoms with E-state index in [2.05, 4.69) is 277 Å². The first kappa shape index (κ1) is 43.7. The number of hydrogen-bond donors (Lipinski definition) is 0. The van der Waals surface area contributed by atoms with Gasteiger partial charge in [0.1, 0.15) is 11.2 Å². The van der Waals surface area contributed by atoms with Crippen molar-refractivity contribution in [1.82, 2.24) is 4.40 Å². The molecule has 5 heteroatoms. The fourth-order valence-corrected chi connectivity index (χ4v) is 14.7. The minimum atomic E-state index is -0.762. The van der Waals surface area contributed by atoms with E-state index in [-0.39, 0.29) is 0 Å². The Morgan fingerprint density at radius 1 is 0.338 bits per heavy atom. The third-order valence-electron chi connectivity index (χ3n) is 17.8. The summed E-state index contributed by atoms with van der Waals surface area (Å²) in [5, 5.41) is 9.24. The van der Waals surface area contributed by atoms with Gasteiger partial charge in [0.15, 0.2) is 11.2 Å². The molecule has 0 saturated carbocycles. The molecule has 2 aliphatic rings. The van der Waals surface area contributed by atoms with Gasteiger partial charge < -0.3 is 23.0 Å². The van der Waals surface area contributed by atoms with E-state index in [0.29, 0.717) is 0 Å². The maximum absolute atomic E-state index is 7.05. The predicted molar refractivity (Wildman–Crippen MR) is 331 cm³/mol. The number of aryl methyl sites for hydroxylation is 2. The van der Waals surface area contributed by atoms with E-state index in [1.807, 2.05) is 0 Å². The molecule has 1 spiro atoms. The summed E-state index contributed by atoms with van der Waals surface area (Å²) in [6.45, 7) is 4.37. The molecule has 0 radical (unpaired) electrons. The summed E-state index contributed by atoms with van der Waals surface area (Å²) in [6, 6.07) is 92.0. The van der Waals surface area contributed by atoms with E-state index in [1.54, 1.807) is 0 Å².